The monoisotopic (exact) mass is 176 g/mol. The molecular formula is C10H12N2O. The molecule has 0 atom stereocenters. The summed E-state index contributed by atoms with van der Waals surface area (Å²) in [5, 5.41) is 0.757. The molecule has 68 valence electrons. The highest BCUT2D eigenvalue weighted by Crippen LogP contribution is 1.79. The van der Waals surface area contributed by atoms with E-state index in [2.05, 4.69) is 11.6 Å². The van der Waals surface area contributed by atoms with Gasteiger partial charge in [-0.05, 0) is 25.2 Å². The third-order valence-corrected chi connectivity index (χ3v) is 1.40. The maximum Gasteiger partial charge on any atom is 0.181 e. The van der Waals surface area contributed by atoms with E-state index in [0.29, 0.717) is 5.42 Å². The first-order valence-corrected chi connectivity index (χ1v) is 3.90. The molecule has 0 spiro atoms. The zero-order chi connectivity index (χ0) is 9.68. The van der Waals surface area contributed by atoms with Crippen molar-refractivity contribution in [2.75, 3.05) is 0 Å². The summed E-state index contributed by atoms with van der Waals surface area (Å²) in [6, 6.07) is 0. The first-order chi connectivity index (χ1) is 6.24. The summed E-state index contributed by atoms with van der Waals surface area (Å²) >= 11 is 0. The lowest BCUT2D eigenvalue weighted by molar-refractivity contribution is 0.525. The summed E-state index contributed by atoms with van der Waals surface area (Å²) in [7, 11) is 0. The number of allylic oxidation sites excluding steroid dienone is 3. The molecule has 0 aliphatic carbocycles. The van der Waals surface area contributed by atoms with Crippen LogP contribution in [0, 0.1) is 0 Å². The van der Waals surface area contributed by atoms with Crippen LogP contribution in [0.5, 0.6) is 0 Å². The molecule has 13 heavy (non-hydrogen) atoms. The molecule has 0 aromatic carbocycles. The molecule has 0 aliphatic heterocycles. The highest BCUT2D eigenvalue weighted by molar-refractivity contribution is 5.39. The number of hydrogen-bond donors (Lipinski definition) is 1. The van der Waals surface area contributed by atoms with Gasteiger partial charge in [0, 0.05) is 5.70 Å². The van der Waals surface area contributed by atoms with Crippen LogP contribution < -0.4 is 16.5 Å². The number of nitrogens with zero attached hydrogens (tertiary/aromatic N) is 1. The fraction of sp³-hybridized carbons (Fsp3) is 0.100. The second-order valence-electron chi connectivity index (χ2n) is 2.58. The smallest absolute Gasteiger partial charge is 0.181 e. The molecule has 1 rings (SSSR count). The normalized spacial score (nSPS) is 15.0. The van der Waals surface area contributed by atoms with E-state index >= 15 is 0 Å². The van der Waals surface area contributed by atoms with Crippen LogP contribution in [0.2, 0.25) is 0 Å². The highest BCUT2D eigenvalue weighted by Gasteiger charge is 1.86. The van der Waals surface area contributed by atoms with Crippen molar-refractivity contribution < 1.29 is 4.42 Å². The number of oxazole rings is 1. The van der Waals surface area contributed by atoms with E-state index in [1.165, 1.54) is 6.39 Å². The van der Waals surface area contributed by atoms with Gasteiger partial charge in [-0.2, -0.15) is 0 Å². The summed E-state index contributed by atoms with van der Waals surface area (Å²) in [6.45, 7) is 5.39. The molecule has 0 bridgehead atoms. The fourth-order valence-electron chi connectivity index (χ4n) is 0.833. The van der Waals surface area contributed by atoms with E-state index in [0.717, 1.165) is 11.0 Å². The van der Waals surface area contributed by atoms with Crippen molar-refractivity contribution >= 4 is 12.2 Å². The Hall–Kier alpha value is -1.77. The van der Waals surface area contributed by atoms with E-state index < -0.39 is 0 Å². The van der Waals surface area contributed by atoms with Crippen LogP contribution in [0.1, 0.15) is 6.92 Å². The van der Waals surface area contributed by atoms with E-state index in [1.54, 1.807) is 24.3 Å². The molecule has 2 N–H and O–H groups in total. The van der Waals surface area contributed by atoms with Gasteiger partial charge >= 0.3 is 0 Å². The molecule has 0 saturated heterocycles. The Balaban J connectivity index is 3.22. The van der Waals surface area contributed by atoms with Gasteiger partial charge in [0.2, 0.25) is 0 Å². The van der Waals surface area contributed by atoms with Gasteiger partial charge < -0.3 is 10.2 Å². The molecule has 0 amide bonds. The standard InChI is InChI=1S/C10H12N2O/c1-3-4-9-10(13-7-12-9)6-5-8(2)11/h3-7H,1,11H2,2H3/b8-5+,9-4+,10-6+. The molecule has 1 heterocycles. The van der Waals surface area contributed by atoms with Crippen molar-refractivity contribution in [3.8, 4) is 0 Å². The Morgan fingerprint density at radius 1 is 1.62 bits per heavy atom. The number of hydrogen-bond acceptors (Lipinski definition) is 3. The Bertz CT molecular complexity index is 422. The summed E-state index contributed by atoms with van der Waals surface area (Å²) in [6.07, 6.45) is 8.36. The lowest BCUT2D eigenvalue weighted by Gasteiger charge is -1.81. The Morgan fingerprint density at radius 3 is 3.00 bits per heavy atom. The minimum absolute atomic E-state index is 0.685. The molecule has 0 unspecified atom stereocenters. The zero-order valence-corrected chi connectivity index (χ0v) is 7.53. The highest BCUT2D eigenvalue weighted by atomic mass is 16.3. The molecule has 0 radical (unpaired) electrons. The summed E-state index contributed by atoms with van der Waals surface area (Å²) in [5.74, 6) is 0. The largest absolute Gasteiger partial charge is 0.443 e. The van der Waals surface area contributed by atoms with Crippen molar-refractivity contribution in [2.45, 2.75) is 6.92 Å². The van der Waals surface area contributed by atoms with Gasteiger partial charge in [0.25, 0.3) is 0 Å². The Kier molecular flexibility index (Phi) is 3.09. The molecular weight excluding hydrogens is 164 g/mol. The summed E-state index contributed by atoms with van der Waals surface area (Å²) in [4.78, 5) is 3.99. The predicted octanol–water partition coefficient (Wildman–Crippen LogP) is 0.284. The molecule has 1 aromatic heterocycles. The maximum atomic E-state index is 5.47. The van der Waals surface area contributed by atoms with Crippen LogP contribution in [-0.4, -0.2) is 4.98 Å². The lowest BCUT2D eigenvalue weighted by atomic mass is 10.4. The van der Waals surface area contributed by atoms with Crippen LogP contribution in [0.3, 0.4) is 0 Å². The van der Waals surface area contributed by atoms with Gasteiger partial charge in [0.15, 0.2) is 11.8 Å². The summed E-state index contributed by atoms with van der Waals surface area (Å²) in [5.41, 5.74) is 6.88. The molecule has 1 aromatic rings. The van der Waals surface area contributed by atoms with E-state index in [-0.39, 0.29) is 0 Å². The van der Waals surface area contributed by atoms with Crippen LogP contribution in [0.15, 0.2) is 35.2 Å². The Morgan fingerprint density at radius 2 is 2.38 bits per heavy atom. The maximum absolute atomic E-state index is 5.47. The van der Waals surface area contributed by atoms with Crippen LogP contribution in [-0.2, 0) is 0 Å². The third kappa shape index (κ3) is 2.63. The zero-order valence-electron chi connectivity index (χ0n) is 7.53. The Labute approximate surface area is 76.6 Å². The first kappa shape index (κ1) is 9.32. The van der Waals surface area contributed by atoms with Crippen LogP contribution >= 0.6 is 0 Å². The number of aromatic nitrogens is 1. The van der Waals surface area contributed by atoms with Crippen LogP contribution in [0.25, 0.3) is 12.2 Å². The minimum atomic E-state index is 0.685. The fourth-order valence-corrected chi connectivity index (χ4v) is 0.833. The third-order valence-electron chi connectivity index (χ3n) is 1.40. The molecule has 0 fully saturated rings. The average Bonchev–Trinajstić information content (AvgIpc) is 2.49. The predicted molar refractivity (Wildman–Crippen MR) is 52.8 cm³/mol. The minimum Gasteiger partial charge on any atom is -0.443 e. The van der Waals surface area contributed by atoms with E-state index in [1.807, 2.05) is 6.92 Å². The van der Waals surface area contributed by atoms with Gasteiger partial charge in [0.05, 0.1) is 0 Å². The molecule has 0 aliphatic rings. The summed E-state index contributed by atoms with van der Waals surface area (Å²) < 4.78 is 5.12. The van der Waals surface area contributed by atoms with Crippen molar-refractivity contribution in [2.24, 2.45) is 5.73 Å². The molecule has 3 heteroatoms. The number of nitrogens with two attached hydrogens (primary N) is 1. The van der Waals surface area contributed by atoms with Gasteiger partial charge in [-0.15, -0.1) is 0 Å². The first-order valence-electron chi connectivity index (χ1n) is 3.90. The quantitative estimate of drug-likeness (QED) is 0.704. The second kappa shape index (κ2) is 4.30. The van der Waals surface area contributed by atoms with Crippen molar-refractivity contribution in [3.05, 3.63) is 41.6 Å². The van der Waals surface area contributed by atoms with Crippen molar-refractivity contribution in [3.63, 3.8) is 0 Å². The van der Waals surface area contributed by atoms with Gasteiger partial charge in [-0.25, -0.2) is 4.98 Å². The van der Waals surface area contributed by atoms with Gasteiger partial charge in [-0.3, -0.25) is 0 Å². The second-order valence-corrected chi connectivity index (χ2v) is 2.58. The lowest BCUT2D eigenvalue weighted by Crippen LogP contribution is -2.21. The van der Waals surface area contributed by atoms with Gasteiger partial charge in [-0.1, -0.05) is 12.7 Å². The van der Waals surface area contributed by atoms with Crippen LogP contribution in [0.4, 0.5) is 0 Å². The number of rotatable bonds is 2. The van der Waals surface area contributed by atoms with E-state index in [9.17, 15) is 0 Å². The topological polar surface area (TPSA) is 52.0 Å². The van der Waals surface area contributed by atoms with Crippen molar-refractivity contribution in [1.82, 2.24) is 4.98 Å². The SMILES string of the molecule is C=C/C=c1/nco/c1=C/C=C(\C)N. The van der Waals surface area contributed by atoms with Crippen molar-refractivity contribution in [1.29, 1.82) is 0 Å². The molecule has 3 nitrogen and oxygen atoms in total. The van der Waals surface area contributed by atoms with Gasteiger partial charge in [0.1, 0.15) is 5.35 Å². The average molecular weight is 176 g/mol. The molecule has 0 saturated carbocycles. The van der Waals surface area contributed by atoms with E-state index in [4.69, 9.17) is 10.2 Å².